The number of aromatic nitrogens is 1. The maximum absolute atomic E-state index is 12.4. The molecule has 9 heteroatoms. The molecule has 0 bridgehead atoms. The molecule has 0 saturated carbocycles. The van der Waals surface area contributed by atoms with Gasteiger partial charge in [-0.2, -0.15) is 13.2 Å². The summed E-state index contributed by atoms with van der Waals surface area (Å²) >= 11 is 0. The highest BCUT2D eigenvalue weighted by atomic mass is 19.4. The van der Waals surface area contributed by atoms with Crippen LogP contribution in [0.5, 0.6) is 0 Å². The smallest absolute Gasteiger partial charge is 0.368 e. The van der Waals surface area contributed by atoms with Gasteiger partial charge in [-0.3, -0.25) is 14.4 Å². The van der Waals surface area contributed by atoms with Crippen LogP contribution >= 0.6 is 0 Å². The number of hydrogen-bond acceptors (Lipinski definition) is 3. The Morgan fingerprint density at radius 1 is 1.37 bits per heavy atom. The van der Waals surface area contributed by atoms with Gasteiger partial charge in [-0.15, -0.1) is 0 Å². The van der Waals surface area contributed by atoms with E-state index in [4.69, 9.17) is 5.73 Å². The fourth-order valence-corrected chi connectivity index (χ4v) is 1.27. The zero-order valence-electron chi connectivity index (χ0n) is 9.53. The van der Waals surface area contributed by atoms with Gasteiger partial charge in [0.15, 0.2) is 0 Å². The van der Waals surface area contributed by atoms with Crippen molar-refractivity contribution in [3.05, 3.63) is 34.2 Å². The molecule has 0 atom stereocenters. The quantitative estimate of drug-likeness (QED) is 0.774. The Labute approximate surface area is 105 Å². The number of nitrogens with one attached hydrogen (secondary N) is 1. The number of rotatable bonds is 4. The highest BCUT2D eigenvalue weighted by molar-refractivity contribution is 5.83. The predicted molar refractivity (Wildman–Crippen MR) is 57.9 cm³/mol. The average molecular weight is 277 g/mol. The van der Waals surface area contributed by atoms with Gasteiger partial charge in [-0.25, -0.2) is 0 Å². The minimum atomic E-state index is -4.79. The molecule has 3 N–H and O–H groups in total. The second kappa shape index (κ2) is 5.55. The molecule has 0 radical (unpaired) electrons. The standard InChI is InChI=1S/C10H10F3N3O3/c11-10(12,13)6-2-1-3-16(9(6)19)5-8(18)15-4-7(14)17/h1-3H,4-5H2,(H2,14,17)(H,15,18). The third-order valence-electron chi connectivity index (χ3n) is 2.10. The molecule has 0 spiro atoms. The largest absolute Gasteiger partial charge is 0.421 e. The van der Waals surface area contributed by atoms with Crippen LogP contribution in [0.4, 0.5) is 13.2 Å². The molecule has 104 valence electrons. The number of carbonyl (C=O) groups is 2. The zero-order valence-corrected chi connectivity index (χ0v) is 9.53. The zero-order chi connectivity index (χ0) is 14.6. The van der Waals surface area contributed by atoms with Crippen LogP contribution in [0.2, 0.25) is 0 Å². The molecular weight excluding hydrogens is 267 g/mol. The van der Waals surface area contributed by atoms with E-state index in [9.17, 15) is 27.6 Å². The van der Waals surface area contributed by atoms with E-state index in [1.54, 1.807) is 0 Å². The van der Waals surface area contributed by atoms with E-state index in [1.807, 2.05) is 0 Å². The molecule has 1 rings (SSSR count). The lowest BCUT2D eigenvalue weighted by molar-refractivity contribution is -0.139. The van der Waals surface area contributed by atoms with Gasteiger partial charge in [-0.05, 0) is 12.1 Å². The Bertz CT molecular complexity index is 551. The van der Waals surface area contributed by atoms with Crippen LogP contribution in [-0.4, -0.2) is 22.9 Å². The lowest BCUT2D eigenvalue weighted by atomic mass is 10.2. The Morgan fingerprint density at radius 3 is 2.53 bits per heavy atom. The molecule has 19 heavy (non-hydrogen) atoms. The number of primary amides is 1. The minimum Gasteiger partial charge on any atom is -0.368 e. The van der Waals surface area contributed by atoms with Crippen molar-refractivity contribution in [2.45, 2.75) is 12.7 Å². The van der Waals surface area contributed by atoms with Crippen LogP contribution < -0.4 is 16.6 Å². The highest BCUT2D eigenvalue weighted by Crippen LogP contribution is 2.25. The number of amides is 2. The summed E-state index contributed by atoms with van der Waals surface area (Å²) in [5.41, 5.74) is 2.08. The third-order valence-corrected chi connectivity index (χ3v) is 2.10. The van der Waals surface area contributed by atoms with Crippen molar-refractivity contribution >= 4 is 11.8 Å². The maximum atomic E-state index is 12.4. The van der Waals surface area contributed by atoms with Crippen LogP contribution in [0.3, 0.4) is 0 Å². The van der Waals surface area contributed by atoms with Crippen molar-refractivity contribution in [3.63, 3.8) is 0 Å². The molecule has 0 aromatic carbocycles. The maximum Gasteiger partial charge on any atom is 0.421 e. The fourth-order valence-electron chi connectivity index (χ4n) is 1.27. The van der Waals surface area contributed by atoms with E-state index in [-0.39, 0.29) is 0 Å². The lowest BCUT2D eigenvalue weighted by Gasteiger charge is -2.10. The molecular formula is C10H10F3N3O3. The van der Waals surface area contributed by atoms with Crippen molar-refractivity contribution in [1.29, 1.82) is 0 Å². The van der Waals surface area contributed by atoms with Gasteiger partial charge >= 0.3 is 6.18 Å². The molecule has 1 aromatic rings. The Hall–Kier alpha value is -2.32. The predicted octanol–water partition coefficient (Wildman–Crippen LogP) is -0.531. The molecule has 0 aliphatic heterocycles. The number of hydrogen-bond donors (Lipinski definition) is 2. The van der Waals surface area contributed by atoms with Gasteiger partial charge in [0.25, 0.3) is 5.56 Å². The molecule has 2 amide bonds. The van der Waals surface area contributed by atoms with Gasteiger partial charge < -0.3 is 15.6 Å². The van der Waals surface area contributed by atoms with E-state index >= 15 is 0 Å². The topological polar surface area (TPSA) is 94.2 Å². The number of nitrogens with zero attached hydrogens (tertiary/aromatic N) is 1. The molecule has 0 aliphatic carbocycles. The summed E-state index contributed by atoms with van der Waals surface area (Å²) in [5.74, 6) is -1.59. The first-order chi connectivity index (χ1) is 8.71. The van der Waals surface area contributed by atoms with E-state index in [0.29, 0.717) is 10.6 Å². The molecule has 0 unspecified atom stereocenters. The van der Waals surface area contributed by atoms with Crippen LogP contribution in [0.1, 0.15) is 5.56 Å². The first-order valence-corrected chi connectivity index (χ1v) is 5.03. The summed E-state index contributed by atoms with van der Waals surface area (Å²) < 4.78 is 37.9. The SMILES string of the molecule is NC(=O)CNC(=O)Cn1cccc(C(F)(F)F)c1=O. The van der Waals surface area contributed by atoms with Crippen LogP contribution in [-0.2, 0) is 22.3 Å². The number of pyridine rings is 1. The molecule has 1 heterocycles. The van der Waals surface area contributed by atoms with Crippen molar-refractivity contribution in [2.75, 3.05) is 6.54 Å². The van der Waals surface area contributed by atoms with Crippen LogP contribution in [0, 0.1) is 0 Å². The van der Waals surface area contributed by atoms with Gasteiger partial charge in [0, 0.05) is 6.20 Å². The number of carbonyl (C=O) groups excluding carboxylic acids is 2. The number of halogens is 3. The van der Waals surface area contributed by atoms with Crippen LogP contribution in [0.15, 0.2) is 23.1 Å². The lowest BCUT2D eigenvalue weighted by Crippen LogP contribution is -2.38. The van der Waals surface area contributed by atoms with Gasteiger partial charge in [0.2, 0.25) is 11.8 Å². The van der Waals surface area contributed by atoms with Gasteiger partial charge in [0.1, 0.15) is 12.1 Å². The van der Waals surface area contributed by atoms with Crippen molar-refractivity contribution < 1.29 is 22.8 Å². The van der Waals surface area contributed by atoms with E-state index < -0.39 is 42.2 Å². The normalized spacial score (nSPS) is 11.1. The van der Waals surface area contributed by atoms with Crippen molar-refractivity contribution in [1.82, 2.24) is 9.88 Å². The second-order valence-electron chi connectivity index (χ2n) is 3.60. The summed E-state index contributed by atoms with van der Waals surface area (Å²) in [5, 5.41) is 2.06. The van der Waals surface area contributed by atoms with Crippen LogP contribution in [0.25, 0.3) is 0 Å². The van der Waals surface area contributed by atoms with E-state index in [2.05, 4.69) is 5.32 Å². The van der Waals surface area contributed by atoms with E-state index in [1.165, 1.54) is 0 Å². The Morgan fingerprint density at radius 2 is 2.00 bits per heavy atom. The molecule has 0 saturated heterocycles. The molecule has 6 nitrogen and oxygen atoms in total. The number of alkyl halides is 3. The monoisotopic (exact) mass is 277 g/mol. The van der Waals surface area contributed by atoms with Crippen molar-refractivity contribution in [2.24, 2.45) is 5.73 Å². The summed E-state index contributed by atoms with van der Waals surface area (Å²) in [6, 6.07) is 1.63. The second-order valence-corrected chi connectivity index (χ2v) is 3.60. The summed E-state index contributed by atoms with van der Waals surface area (Å²) in [6.45, 7) is -1.08. The van der Waals surface area contributed by atoms with Gasteiger partial charge in [-0.1, -0.05) is 0 Å². The molecule has 0 aliphatic rings. The molecule has 0 fully saturated rings. The first kappa shape index (κ1) is 14.7. The Balaban J connectivity index is 2.89. The summed E-state index contributed by atoms with van der Waals surface area (Å²) in [6.07, 6.45) is -3.74. The van der Waals surface area contributed by atoms with E-state index in [0.717, 1.165) is 12.3 Å². The number of nitrogens with two attached hydrogens (primary N) is 1. The molecule has 1 aromatic heterocycles. The summed E-state index contributed by atoms with van der Waals surface area (Å²) in [4.78, 5) is 33.1. The fraction of sp³-hybridized carbons (Fsp3) is 0.300. The van der Waals surface area contributed by atoms with Gasteiger partial charge in [0.05, 0.1) is 6.54 Å². The van der Waals surface area contributed by atoms with Crippen molar-refractivity contribution in [3.8, 4) is 0 Å². The summed E-state index contributed by atoms with van der Waals surface area (Å²) in [7, 11) is 0. The minimum absolute atomic E-state index is 0.452. The first-order valence-electron chi connectivity index (χ1n) is 5.03. The highest BCUT2D eigenvalue weighted by Gasteiger charge is 2.34. The average Bonchev–Trinajstić information content (AvgIpc) is 2.27. The Kier molecular flexibility index (Phi) is 4.30. The third kappa shape index (κ3) is 4.12.